The van der Waals surface area contributed by atoms with Gasteiger partial charge in [0.05, 0.1) is 12.7 Å². The Balaban J connectivity index is 0.000000101. The van der Waals surface area contributed by atoms with Crippen molar-refractivity contribution in [1.29, 1.82) is 0 Å². The second kappa shape index (κ2) is 3.41. The number of hydrogen-bond acceptors (Lipinski definition) is 3. The van der Waals surface area contributed by atoms with Gasteiger partial charge in [-0.05, 0) is 17.2 Å². The maximum atomic E-state index is 5.16. The van der Waals surface area contributed by atoms with E-state index >= 15 is 0 Å². The summed E-state index contributed by atoms with van der Waals surface area (Å²) in [5.74, 6) is 0.722. The maximum absolute atomic E-state index is 5.16. The van der Waals surface area contributed by atoms with Crippen LogP contribution >= 0.6 is 0 Å². The van der Waals surface area contributed by atoms with Crippen LogP contribution in [0.1, 0.15) is 5.76 Å². The molecule has 0 atom stereocenters. The van der Waals surface area contributed by atoms with Crippen LogP contribution in [-0.2, 0) is 6.54 Å². The zero-order chi connectivity index (χ0) is 9.10. The first kappa shape index (κ1) is 8.01. The number of nitrogens with two attached hydrogens (primary N) is 1. The zero-order valence-electron chi connectivity index (χ0n) is 7.10. The monoisotopic (exact) mass is 174 g/mol. The number of benzene rings is 1. The molecule has 0 fully saturated rings. The Morgan fingerprint density at radius 1 is 1.23 bits per heavy atom. The van der Waals surface area contributed by atoms with E-state index in [9.17, 15) is 0 Å². The molecule has 0 saturated heterocycles. The van der Waals surface area contributed by atoms with Crippen molar-refractivity contribution in [1.82, 2.24) is 5.16 Å². The molecule has 0 spiro atoms. The summed E-state index contributed by atoms with van der Waals surface area (Å²) in [4.78, 5) is 0. The average Bonchev–Trinajstić information content (AvgIpc) is 2.65. The van der Waals surface area contributed by atoms with E-state index in [4.69, 9.17) is 5.73 Å². The second-order valence-corrected chi connectivity index (χ2v) is 2.76. The SMILES string of the molecule is NCc1ccno1.c1cc2cc-2c1. The molecule has 2 aliphatic rings. The Morgan fingerprint density at radius 3 is 2.23 bits per heavy atom. The van der Waals surface area contributed by atoms with Crippen LogP contribution in [0, 0.1) is 0 Å². The summed E-state index contributed by atoms with van der Waals surface area (Å²) in [6.45, 7) is 0.431. The smallest absolute Gasteiger partial charge is 0.150 e. The minimum absolute atomic E-state index is 0.431. The summed E-state index contributed by atoms with van der Waals surface area (Å²) in [5, 5.41) is 3.44. The Kier molecular flexibility index (Phi) is 2.10. The first-order valence-electron chi connectivity index (χ1n) is 4.10. The lowest BCUT2D eigenvalue weighted by Gasteiger charge is -1.77. The van der Waals surface area contributed by atoms with Crippen molar-refractivity contribution in [3.05, 3.63) is 42.3 Å². The number of fused-ring (bicyclic) bond motifs is 1. The van der Waals surface area contributed by atoms with E-state index in [1.807, 2.05) is 0 Å². The van der Waals surface area contributed by atoms with Crippen molar-refractivity contribution >= 4 is 0 Å². The first-order valence-corrected chi connectivity index (χ1v) is 4.10. The Morgan fingerprint density at radius 2 is 2.00 bits per heavy atom. The average molecular weight is 174 g/mol. The minimum atomic E-state index is 0.431. The molecule has 66 valence electrons. The molecule has 13 heavy (non-hydrogen) atoms. The van der Waals surface area contributed by atoms with Gasteiger partial charge in [0.2, 0.25) is 0 Å². The molecule has 1 heterocycles. The summed E-state index contributed by atoms with van der Waals surface area (Å²) in [6, 6.07) is 10.2. The molecule has 0 aromatic carbocycles. The number of hydrogen-bond donors (Lipinski definition) is 1. The third kappa shape index (κ3) is 1.95. The minimum Gasteiger partial charge on any atom is -0.360 e. The van der Waals surface area contributed by atoms with Crippen LogP contribution in [-0.4, -0.2) is 5.16 Å². The van der Waals surface area contributed by atoms with Gasteiger partial charge in [0.25, 0.3) is 0 Å². The van der Waals surface area contributed by atoms with Gasteiger partial charge in [-0.25, -0.2) is 0 Å². The second-order valence-electron chi connectivity index (χ2n) is 2.76. The van der Waals surface area contributed by atoms with Crippen molar-refractivity contribution in [2.45, 2.75) is 6.54 Å². The third-order valence-corrected chi connectivity index (χ3v) is 1.81. The molecule has 1 aromatic rings. The van der Waals surface area contributed by atoms with Gasteiger partial charge in [-0.15, -0.1) is 0 Å². The summed E-state index contributed by atoms with van der Waals surface area (Å²) < 4.78 is 4.61. The molecule has 1 aromatic heterocycles. The fraction of sp³-hybridized carbons (Fsp3) is 0.100. The predicted octanol–water partition coefficient (Wildman–Crippen LogP) is 1.80. The fourth-order valence-corrected chi connectivity index (χ4v) is 1.02. The van der Waals surface area contributed by atoms with Gasteiger partial charge in [0, 0.05) is 6.07 Å². The van der Waals surface area contributed by atoms with Gasteiger partial charge in [-0.2, -0.15) is 0 Å². The van der Waals surface area contributed by atoms with E-state index in [1.165, 1.54) is 11.1 Å². The highest BCUT2D eigenvalue weighted by Gasteiger charge is 2.06. The lowest BCUT2D eigenvalue weighted by molar-refractivity contribution is 0.385. The molecule has 3 heteroatoms. The molecule has 3 nitrogen and oxygen atoms in total. The standard InChI is InChI=1S/C6H4.C4H6N2O/c1-2-5-4-6(5)3-1;5-3-4-1-2-6-7-4/h1-4H;1-2H,3,5H2. The van der Waals surface area contributed by atoms with Crippen LogP contribution in [0.5, 0.6) is 0 Å². The third-order valence-electron chi connectivity index (χ3n) is 1.81. The summed E-state index contributed by atoms with van der Waals surface area (Å²) in [6.07, 6.45) is 1.57. The lowest BCUT2D eigenvalue weighted by atomic mass is 10.5. The quantitative estimate of drug-likeness (QED) is 0.612. The van der Waals surface area contributed by atoms with Crippen molar-refractivity contribution in [3.8, 4) is 11.1 Å². The van der Waals surface area contributed by atoms with Gasteiger partial charge in [0.15, 0.2) is 0 Å². The molecule has 0 aliphatic heterocycles. The van der Waals surface area contributed by atoms with Crippen molar-refractivity contribution in [2.75, 3.05) is 0 Å². The van der Waals surface area contributed by atoms with E-state index < -0.39 is 0 Å². The predicted molar refractivity (Wildman–Crippen MR) is 49.8 cm³/mol. The van der Waals surface area contributed by atoms with Crippen molar-refractivity contribution in [2.24, 2.45) is 5.73 Å². The number of aromatic nitrogens is 1. The van der Waals surface area contributed by atoms with Gasteiger partial charge in [-0.1, -0.05) is 23.4 Å². The molecule has 0 unspecified atom stereocenters. The molecule has 0 radical (unpaired) electrons. The van der Waals surface area contributed by atoms with Crippen LogP contribution in [0.4, 0.5) is 0 Å². The fourth-order valence-electron chi connectivity index (χ4n) is 1.02. The molecule has 0 saturated carbocycles. The summed E-state index contributed by atoms with van der Waals surface area (Å²) in [5.41, 5.74) is 8.01. The lowest BCUT2D eigenvalue weighted by Crippen LogP contribution is -1.92. The van der Waals surface area contributed by atoms with Crippen molar-refractivity contribution < 1.29 is 4.52 Å². The molecule has 2 aliphatic carbocycles. The van der Waals surface area contributed by atoms with E-state index in [-0.39, 0.29) is 0 Å². The Bertz CT molecular complexity index is 364. The number of nitrogens with zero attached hydrogens (tertiary/aromatic N) is 1. The summed E-state index contributed by atoms with van der Waals surface area (Å²) in [7, 11) is 0. The largest absolute Gasteiger partial charge is 0.360 e. The summed E-state index contributed by atoms with van der Waals surface area (Å²) >= 11 is 0. The molecular formula is C10H10N2O. The van der Waals surface area contributed by atoms with Crippen LogP contribution in [0.15, 0.2) is 41.1 Å². The van der Waals surface area contributed by atoms with Gasteiger partial charge in [-0.3, -0.25) is 0 Å². The molecule has 2 N–H and O–H groups in total. The van der Waals surface area contributed by atoms with Crippen molar-refractivity contribution in [3.63, 3.8) is 0 Å². The molecule has 3 rings (SSSR count). The molecule has 0 bridgehead atoms. The van der Waals surface area contributed by atoms with Crippen LogP contribution in [0.2, 0.25) is 0 Å². The number of rotatable bonds is 1. The van der Waals surface area contributed by atoms with E-state index in [0.717, 1.165) is 5.76 Å². The molecular weight excluding hydrogens is 164 g/mol. The zero-order valence-corrected chi connectivity index (χ0v) is 7.10. The van der Waals surface area contributed by atoms with Gasteiger partial charge >= 0.3 is 0 Å². The Labute approximate surface area is 76.2 Å². The highest BCUT2D eigenvalue weighted by molar-refractivity contribution is 5.80. The van der Waals surface area contributed by atoms with E-state index in [0.29, 0.717) is 6.54 Å². The first-order chi connectivity index (χ1) is 6.40. The highest BCUT2D eigenvalue weighted by atomic mass is 16.5. The van der Waals surface area contributed by atoms with Gasteiger partial charge in [0.1, 0.15) is 5.76 Å². The van der Waals surface area contributed by atoms with Gasteiger partial charge < -0.3 is 10.3 Å². The van der Waals surface area contributed by atoms with E-state index in [2.05, 4.69) is 33.9 Å². The van der Waals surface area contributed by atoms with Crippen LogP contribution < -0.4 is 5.73 Å². The molecule has 0 amide bonds. The Hall–Kier alpha value is -1.61. The van der Waals surface area contributed by atoms with Crippen LogP contribution in [0.3, 0.4) is 0 Å². The van der Waals surface area contributed by atoms with E-state index in [1.54, 1.807) is 12.3 Å². The highest BCUT2D eigenvalue weighted by Crippen LogP contribution is 2.32. The van der Waals surface area contributed by atoms with Crippen LogP contribution in [0.25, 0.3) is 11.1 Å². The normalized spacial score (nSPS) is 10.2. The maximum Gasteiger partial charge on any atom is 0.150 e. The topological polar surface area (TPSA) is 52.0 Å².